The van der Waals surface area contributed by atoms with Gasteiger partial charge in [0.15, 0.2) is 6.23 Å². The van der Waals surface area contributed by atoms with Crippen LogP contribution in [0.15, 0.2) is 42.9 Å². The zero-order chi connectivity index (χ0) is 23.8. The van der Waals surface area contributed by atoms with Crippen molar-refractivity contribution in [2.75, 3.05) is 31.3 Å². The molecule has 0 saturated carbocycles. The third-order valence-corrected chi connectivity index (χ3v) is 7.01. The number of anilines is 1. The maximum atomic E-state index is 6.06. The van der Waals surface area contributed by atoms with E-state index >= 15 is 0 Å². The Morgan fingerprint density at radius 3 is 2.74 bits per heavy atom. The summed E-state index contributed by atoms with van der Waals surface area (Å²) >= 11 is 0. The minimum atomic E-state index is -0.0748. The van der Waals surface area contributed by atoms with Crippen LogP contribution in [-0.2, 0) is 16.0 Å². The van der Waals surface area contributed by atoms with E-state index in [1.54, 1.807) is 0 Å². The summed E-state index contributed by atoms with van der Waals surface area (Å²) in [5.41, 5.74) is 4.79. The van der Waals surface area contributed by atoms with Gasteiger partial charge in [0, 0.05) is 49.2 Å². The lowest BCUT2D eigenvalue weighted by atomic mass is 10.0. The van der Waals surface area contributed by atoms with Gasteiger partial charge in [-0.25, -0.2) is 9.67 Å². The Balaban J connectivity index is 1.57. The molecule has 0 radical (unpaired) electrons. The van der Waals surface area contributed by atoms with E-state index in [0.29, 0.717) is 13.2 Å². The lowest BCUT2D eigenvalue weighted by Gasteiger charge is -2.34. The largest absolute Gasteiger partial charge is 0.377 e. The van der Waals surface area contributed by atoms with E-state index < -0.39 is 0 Å². The van der Waals surface area contributed by atoms with Crippen molar-refractivity contribution >= 4 is 16.7 Å². The van der Waals surface area contributed by atoms with Crippen LogP contribution < -0.4 is 4.90 Å². The van der Waals surface area contributed by atoms with E-state index in [-0.39, 0.29) is 12.3 Å². The molecule has 4 aromatic heterocycles. The summed E-state index contributed by atoms with van der Waals surface area (Å²) in [6.07, 6.45) is 8.66. The maximum absolute atomic E-state index is 6.06. The van der Waals surface area contributed by atoms with E-state index in [1.165, 1.54) is 0 Å². The Labute approximate surface area is 204 Å². The number of hydrogen-bond acceptors (Lipinski definition) is 7. The van der Waals surface area contributed by atoms with Crippen LogP contribution in [0.5, 0.6) is 0 Å². The maximum Gasteiger partial charge on any atom is 0.150 e. The summed E-state index contributed by atoms with van der Waals surface area (Å²) in [7, 11) is 0. The Hall–Kier alpha value is -3.30. The molecule has 2 aliphatic rings. The lowest BCUT2D eigenvalue weighted by molar-refractivity contribution is -0.0383. The fraction of sp³-hybridized carbons (Fsp3) is 0.462. The van der Waals surface area contributed by atoms with Gasteiger partial charge in [0.1, 0.15) is 17.0 Å². The molecule has 35 heavy (non-hydrogen) atoms. The Morgan fingerprint density at radius 1 is 1.03 bits per heavy atom. The van der Waals surface area contributed by atoms with Gasteiger partial charge in [-0.15, -0.1) is 0 Å². The first kappa shape index (κ1) is 22.2. The van der Waals surface area contributed by atoms with Gasteiger partial charge in [0.25, 0.3) is 0 Å². The van der Waals surface area contributed by atoms with Crippen molar-refractivity contribution in [2.45, 2.75) is 51.9 Å². The molecule has 6 heterocycles. The van der Waals surface area contributed by atoms with Crippen LogP contribution in [0.25, 0.3) is 33.5 Å². The zero-order valence-electron chi connectivity index (χ0n) is 20.3. The molecule has 0 aromatic carbocycles. The molecule has 2 fully saturated rings. The fourth-order valence-electron chi connectivity index (χ4n) is 5.21. The second-order valence-electron chi connectivity index (χ2n) is 9.22. The molecule has 4 aromatic rings. The van der Waals surface area contributed by atoms with Crippen molar-refractivity contribution in [3.05, 3.63) is 42.9 Å². The number of fused-ring (bicyclic) bond motifs is 1. The van der Waals surface area contributed by atoms with Crippen LogP contribution in [0.1, 0.15) is 39.3 Å². The number of aryl methyl sites for hydroxylation is 1. The molecule has 0 amide bonds. The number of pyridine rings is 2. The number of hydrogen-bond donors (Lipinski definition) is 0. The summed E-state index contributed by atoms with van der Waals surface area (Å²) in [5.74, 6) is 0.932. The standard InChI is InChI=1S/C26H31N7O2/c1-3-32-21(8-11-28-32)20-16-23(31-13-15-34-17-18(31)2)30-25-19(20)7-10-27-26(25)22-9-12-29-33(22)24-6-4-5-14-35-24/h7-12,16,18,24H,3-6,13-15,17H2,1-2H3. The average Bonchev–Trinajstić information content (AvgIpc) is 3.58. The van der Waals surface area contributed by atoms with E-state index in [0.717, 1.165) is 78.3 Å². The normalized spacial score (nSPS) is 21.0. The van der Waals surface area contributed by atoms with Gasteiger partial charge >= 0.3 is 0 Å². The second-order valence-corrected chi connectivity index (χ2v) is 9.22. The van der Waals surface area contributed by atoms with Gasteiger partial charge in [-0.3, -0.25) is 9.67 Å². The van der Waals surface area contributed by atoms with Crippen LogP contribution in [0.4, 0.5) is 5.82 Å². The Kier molecular flexibility index (Phi) is 5.95. The molecular weight excluding hydrogens is 442 g/mol. The smallest absolute Gasteiger partial charge is 0.150 e. The van der Waals surface area contributed by atoms with Crippen LogP contribution >= 0.6 is 0 Å². The number of nitrogens with zero attached hydrogens (tertiary/aromatic N) is 7. The third kappa shape index (κ3) is 3.98. The predicted octanol–water partition coefficient (Wildman–Crippen LogP) is 4.30. The molecular formula is C26H31N7O2. The van der Waals surface area contributed by atoms with Crippen LogP contribution in [-0.4, -0.2) is 61.9 Å². The van der Waals surface area contributed by atoms with Crippen molar-refractivity contribution in [2.24, 2.45) is 0 Å². The van der Waals surface area contributed by atoms with E-state index in [1.807, 2.05) is 34.0 Å². The van der Waals surface area contributed by atoms with Crippen molar-refractivity contribution in [1.82, 2.24) is 29.5 Å². The Bertz CT molecular complexity index is 1320. The average molecular weight is 474 g/mol. The van der Waals surface area contributed by atoms with Gasteiger partial charge < -0.3 is 14.4 Å². The van der Waals surface area contributed by atoms with Gasteiger partial charge in [-0.1, -0.05) is 0 Å². The highest BCUT2D eigenvalue weighted by atomic mass is 16.5. The second kappa shape index (κ2) is 9.39. The summed E-state index contributed by atoms with van der Waals surface area (Å²) in [6, 6.07) is 8.57. The van der Waals surface area contributed by atoms with Gasteiger partial charge in [-0.2, -0.15) is 10.2 Å². The minimum absolute atomic E-state index is 0.0748. The van der Waals surface area contributed by atoms with Crippen LogP contribution in [0.3, 0.4) is 0 Å². The molecule has 0 N–H and O–H groups in total. The summed E-state index contributed by atoms with van der Waals surface area (Å²) < 4.78 is 15.8. The van der Waals surface area contributed by atoms with E-state index in [4.69, 9.17) is 19.4 Å². The first-order chi connectivity index (χ1) is 17.2. The van der Waals surface area contributed by atoms with E-state index in [9.17, 15) is 0 Å². The predicted molar refractivity (Wildman–Crippen MR) is 134 cm³/mol. The van der Waals surface area contributed by atoms with Crippen molar-refractivity contribution < 1.29 is 9.47 Å². The summed E-state index contributed by atoms with van der Waals surface area (Å²) in [4.78, 5) is 12.4. The number of morpholine rings is 1. The Morgan fingerprint density at radius 2 is 1.91 bits per heavy atom. The molecule has 0 bridgehead atoms. The number of aromatic nitrogens is 6. The molecule has 2 unspecified atom stereocenters. The van der Waals surface area contributed by atoms with Crippen molar-refractivity contribution in [3.8, 4) is 22.6 Å². The zero-order valence-corrected chi connectivity index (χ0v) is 20.3. The number of rotatable bonds is 5. The molecule has 182 valence electrons. The monoisotopic (exact) mass is 473 g/mol. The highest BCUT2D eigenvalue weighted by Crippen LogP contribution is 2.37. The van der Waals surface area contributed by atoms with Crippen molar-refractivity contribution in [3.63, 3.8) is 0 Å². The summed E-state index contributed by atoms with van der Waals surface area (Å²) in [6.45, 7) is 8.02. The SMILES string of the molecule is CCn1nccc1-c1cc(N2CCOCC2C)nc2c(-c3ccnn3C3CCCCO3)nccc12. The first-order valence-electron chi connectivity index (χ1n) is 12.6. The van der Waals surface area contributed by atoms with Gasteiger partial charge in [-0.05, 0) is 57.4 Å². The molecule has 6 rings (SSSR count). The quantitative estimate of drug-likeness (QED) is 0.427. The minimum Gasteiger partial charge on any atom is -0.377 e. The highest BCUT2D eigenvalue weighted by molar-refractivity contribution is 6.01. The molecule has 2 saturated heterocycles. The van der Waals surface area contributed by atoms with Gasteiger partial charge in [0.2, 0.25) is 0 Å². The summed E-state index contributed by atoms with van der Waals surface area (Å²) in [5, 5.41) is 10.2. The van der Waals surface area contributed by atoms with E-state index in [2.05, 4.69) is 47.1 Å². The fourth-order valence-corrected chi connectivity index (χ4v) is 5.21. The molecule has 0 spiro atoms. The number of ether oxygens (including phenoxy) is 2. The molecule has 0 aliphatic carbocycles. The first-order valence-corrected chi connectivity index (χ1v) is 12.6. The lowest BCUT2D eigenvalue weighted by Crippen LogP contribution is -2.44. The van der Waals surface area contributed by atoms with Crippen molar-refractivity contribution in [1.29, 1.82) is 0 Å². The highest BCUT2D eigenvalue weighted by Gasteiger charge is 2.26. The third-order valence-electron chi connectivity index (χ3n) is 7.01. The molecule has 2 atom stereocenters. The van der Waals surface area contributed by atoms with Crippen LogP contribution in [0, 0.1) is 0 Å². The molecule has 2 aliphatic heterocycles. The molecule has 9 heteroatoms. The topological polar surface area (TPSA) is 83.1 Å². The van der Waals surface area contributed by atoms with Gasteiger partial charge in [0.05, 0.1) is 30.6 Å². The van der Waals surface area contributed by atoms with Crippen LogP contribution in [0.2, 0.25) is 0 Å². The molecule has 9 nitrogen and oxygen atoms in total.